The fraction of sp³-hybridized carbons (Fsp3) is 0. The van der Waals surface area contributed by atoms with E-state index in [-0.39, 0.29) is 5.78 Å². The molecule has 0 aliphatic heterocycles. The zero-order chi connectivity index (χ0) is 11.7. The molecular weight excluding hydrogens is 287 g/mol. The monoisotopic (exact) mass is 290 g/mol. The predicted octanol–water partition coefficient (Wildman–Crippen LogP) is 4.94. The zero-order valence-corrected chi connectivity index (χ0v) is 10.9. The molecule has 0 fully saturated rings. The Bertz CT molecular complexity index is 528. The van der Waals surface area contributed by atoms with Gasteiger partial charge < -0.3 is 0 Å². The van der Waals surface area contributed by atoms with Gasteiger partial charge in [0, 0.05) is 15.6 Å². The molecule has 0 aliphatic carbocycles. The molecule has 0 aliphatic rings. The SMILES string of the molecule is O=C(c1cc(Cl)cc(Cl)c1)c1ccc(Cl)s1. The van der Waals surface area contributed by atoms with Crippen molar-refractivity contribution in [1.29, 1.82) is 0 Å². The van der Waals surface area contributed by atoms with Gasteiger partial charge in [0.15, 0.2) is 0 Å². The maximum absolute atomic E-state index is 12.0. The van der Waals surface area contributed by atoms with Gasteiger partial charge in [0.1, 0.15) is 0 Å². The highest BCUT2D eigenvalue weighted by molar-refractivity contribution is 7.18. The zero-order valence-electron chi connectivity index (χ0n) is 7.84. The molecule has 2 aromatic rings. The van der Waals surface area contributed by atoms with Crippen LogP contribution >= 0.6 is 46.1 Å². The minimum atomic E-state index is -0.124. The van der Waals surface area contributed by atoms with Gasteiger partial charge >= 0.3 is 0 Å². The largest absolute Gasteiger partial charge is 0.288 e. The molecule has 2 rings (SSSR count). The standard InChI is InChI=1S/C11H5Cl3OS/c12-7-3-6(4-8(13)5-7)11(15)9-1-2-10(14)16-9/h1-5H. The van der Waals surface area contributed by atoms with Gasteiger partial charge in [-0.05, 0) is 30.3 Å². The topological polar surface area (TPSA) is 17.1 Å². The third-order valence-corrected chi connectivity index (χ3v) is 3.59. The molecule has 0 amide bonds. The molecule has 1 nitrogen and oxygen atoms in total. The smallest absolute Gasteiger partial charge is 0.203 e. The molecule has 0 atom stereocenters. The molecule has 0 bridgehead atoms. The van der Waals surface area contributed by atoms with Crippen LogP contribution < -0.4 is 0 Å². The minimum Gasteiger partial charge on any atom is -0.288 e. The Balaban J connectivity index is 2.41. The Morgan fingerprint density at radius 1 is 1.00 bits per heavy atom. The lowest BCUT2D eigenvalue weighted by Crippen LogP contribution is -1.98. The summed E-state index contributed by atoms with van der Waals surface area (Å²) in [7, 11) is 0. The summed E-state index contributed by atoms with van der Waals surface area (Å²) >= 11 is 18.7. The summed E-state index contributed by atoms with van der Waals surface area (Å²) in [5.74, 6) is -0.124. The van der Waals surface area contributed by atoms with E-state index in [1.165, 1.54) is 11.3 Å². The molecule has 5 heteroatoms. The number of rotatable bonds is 2. The lowest BCUT2D eigenvalue weighted by atomic mass is 10.1. The van der Waals surface area contributed by atoms with Gasteiger partial charge in [0.2, 0.25) is 5.78 Å². The van der Waals surface area contributed by atoms with Gasteiger partial charge in [-0.1, -0.05) is 34.8 Å². The first-order valence-corrected chi connectivity index (χ1v) is 6.27. The van der Waals surface area contributed by atoms with Crippen LogP contribution in [0.5, 0.6) is 0 Å². The molecule has 0 saturated heterocycles. The molecule has 82 valence electrons. The number of benzene rings is 1. The summed E-state index contributed by atoms with van der Waals surface area (Å²) in [5, 5.41) is 0.886. The highest BCUT2D eigenvalue weighted by atomic mass is 35.5. The third kappa shape index (κ3) is 2.58. The van der Waals surface area contributed by atoms with Crippen LogP contribution in [0.2, 0.25) is 14.4 Å². The summed E-state index contributed by atoms with van der Waals surface area (Å²) < 4.78 is 0.580. The third-order valence-electron chi connectivity index (χ3n) is 1.92. The second-order valence-electron chi connectivity index (χ2n) is 3.09. The molecule has 0 spiro atoms. The Morgan fingerprint density at radius 3 is 2.12 bits per heavy atom. The normalized spacial score (nSPS) is 10.4. The molecule has 1 aromatic carbocycles. The maximum atomic E-state index is 12.0. The van der Waals surface area contributed by atoms with Crippen LogP contribution in [-0.4, -0.2) is 5.78 Å². The molecule has 1 heterocycles. The number of carbonyl (C=O) groups is 1. The quantitative estimate of drug-likeness (QED) is 0.716. The molecule has 1 aromatic heterocycles. The molecule has 0 N–H and O–H groups in total. The van der Waals surface area contributed by atoms with Gasteiger partial charge in [-0.25, -0.2) is 0 Å². The minimum absolute atomic E-state index is 0.124. The van der Waals surface area contributed by atoms with Crippen molar-refractivity contribution >= 4 is 51.9 Å². The van der Waals surface area contributed by atoms with Crippen molar-refractivity contribution in [2.24, 2.45) is 0 Å². The van der Waals surface area contributed by atoms with Gasteiger partial charge in [0.05, 0.1) is 9.21 Å². The van der Waals surface area contributed by atoms with E-state index < -0.39 is 0 Å². The van der Waals surface area contributed by atoms with Crippen LogP contribution in [0.25, 0.3) is 0 Å². The van der Waals surface area contributed by atoms with Crippen molar-refractivity contribution in [2.75, 3.05) is 0 Å². The highest BCUT2D eigenvalue weighted by Crippen LogP contribution is 2.26. The van der Waals surface area contributed by atoms with E-state index in [4.69, 9.17) is 34.8 Å². The van der Waals surface area contributed by atoms with Crippen LogP contribution in [0.1, 0.15) is 15.2 Å². The van der Waals surface area contributed by atoms with E-state index in [1.54, 1.807) is 30.3 Å². The van der Waals surface area contributed by atoms with Gasteiger partial charge in [-0.3, -0.25) is 4.79 Å². The summed E-state index contributed by atoms with van der Waals surface area (Å²) in [6, 6.07) is 8.13. The summed E-state index contributed by atoms with van der Waals surface area (Å²) in [4.78, 5) is 12.6. The number of hydrogen-bond acceptors (Lipinski definition) is 2. The summed E-state index contributed by atoms with van der Waals surface area (Å²) in [6.07, 6.45) is 0. The van der Waals surface area contributed by atoms with Crippen molar-refractivity contribution in [3.05, 3.63) is 55.2 Å². The van der Waals surface area contributed by atoms with Crippen molar-refractivity contribution in [2.45, 2.75) is 0 Å². The van der Waals surface area contributed by atoms with E-state index >= 15 is 0 Å². The molecule has 0 unspecified atom stereocenters. The second kappa shape index (κ2) is 4.76. The van der Waals surface area contributed by atoms with E-state index in [0.717, 1.165) is 0 Å². The number of hydrogen-bond donors (Lipinski definition) is 0. The molecule has 0 radical (unpaired) electrons. The number of thiophene rings is 1. The van der Waals surface area contributed by atoms with E-state index in [2.05, 4.69) is 0 Å². The van der Waals surface area contributed by atoms with Crippen LogP contribution in [0.4, 0.5) is 0 Å². The summed E-state index contributed by atoms with van der Waals surface area (Å²) in [6.45, 7) is 0. The molecule has 0 saturated carbocycles. The first-order valence-electron chi connectivity index (χ1n) is 4.32. The summed E-state index contributed by atoms with van der Waals surface area (Å²) in [5.41, 5.74) is 0.469. The van der Waals surface area contributed by atoms with Crippen LogP contribution in [-0.2, 0) is 0 Å². The van der Waals surface area contributed by atoms with Crippen molar-refractivity contribution < 1.29 is 4.79 Å². The fourth-order valence-electron chi connectivity index (χ4n) is 1.26. The van der Waals surface area contributed by atoms with E-state index in [0.29, 0.717) is 24.8 Å². The van der Waals surface area contributed by atoms with E-state index in [1.807, 2.05) is 0 Å². The van der Waals surface area contributed by atoms with Crippen LogP contribution in [0, 0.1) is 0 Å². The number of carbonyl (C=O) groups excluding carboxylic acids is 1. The number of ketones is 1. The first kappa shape index (κ1) is 11.9. The average molecular weight is 292 g/mol. The highest BCUT2D eigenvalue weighted by Gasteiger charge is 2.12. The van der Waals surface area contributed by atoms with Gasteiger partial charge in [-0.2, -0.15) is 0 Å². The van der Waals surface area contributed by atoms with Crippen LogP contribution in [0.3, 0.4) is 0 Å². The lowest BCUT2D eigenvalue weighted by Gasteiger charge is -2.00. The maximum Gasteiger partial charge on any atom is 0.203 e. The first-order chi connectivity index (χ1) is 7.56. The molecule has 16 heavy (non-hydrogen) atoms. The Kier molecular flexibility index (Phi) is 3.55. The molecular formula is C11H5Cl3OS. The van der Waals surface area contributed by atoms with Crippen molar-refractivity contribution in [3.8, 4) is 0 Å². The van der Waals surface area contributed by atoms with E-state index in [9.17, 15) is 4.79 Å². The second-order valence-corrected chi connectivity index (χ2v) is 5.68. The van der Waals surface area contributed by atoms with Gasteiger partial charge in [0.25, 0.3) is 0 Å². The Hall–Kier alpha value is -0.540. The number of halogens is 3. The Labute approximate surface area is 112 Å². The Morgan fingerprint density at radius 2 is 1.62 bits per heavy atom. The van der Waals surface area contributed by atoms with Crippen molar-refractivity contribution in [1.82, 2.24) is 0 Å². The van der Waals surface area contributed by atoms with Crippen LogP contribution in [0.15, 0.2) is 30.3 Å². The lowest BCUT2D eigenvalue weighted by molar-refractivity contribution is 0.104. The average Bonchev–Trinajstić information content (AvgIpc) is 2.62. The van der Waals surface area contributed by atoms with Gasteiger partial charge in [-0.15, -0.1) is 11.3 Å². The fourth-order valence-corrected chi connectivity index (χ4v) is 2.79. The van der Waals surface area contributed by atoms with Crippen molar-refractivity contribution in [3.63, 3.8) is 0 Å². The predicted molar refractivity (Wildman–Crippen MR) is 69.2 cm³/mol.